The van der Waals surface area contributed by atoms with Gasteiger partial charge < -0.3 is 25.0 Å². The van der Waals surface area contributed by atoms with Crippen molar-refractivity contribution in [2.24, 2.45) is 0 Å². The molecule has 1 aliphatic rings. The third-order valence-electron chi connectivity index (χ3n) is 5.27. The zero-order valence-corrected chi connectivity index (χ0v) is 19.0. The number of amides is 3. The fraction of sp³-hybridized carbons (Fsp3) is 0.208. The zero-order valence-electron chi connectivity index (χ0n) is 18.2. The number of methoxy groups -OCH3 is 1. The van der Waals surface area contributed by atoms with Crippen molar-refractivity contribution in [3.8, 4) is 11.5 Å². The molecule has 2 heterocycles. The molecule has 170 valence electrons. The first-order valence-corrected chi connectivity index (χ1v) is 11.2. The van der Waals surface area contributed by atoms with Gasteiger partial charge in [-0.1, -0.05) is 30.3 Å². The molecule has 8 nitrogen and oxygen atoms in total. The fourth-order valence-electron chi connectivity index (χ4n) is 3.67. The van der Waals surface area contributed by atoms with Crippen molar-refractivity contribution in [1.82, 2.24) is 10.2 Å². The predicted molar refractivity (Wildman–Crippen MR) is 125 cm³/mol. The molecular formula is C24H23N3O5S. The number of thiophene rings is 1. The van der Waals surface area contributed by atoms with E-state index in [0.29, 0.717) is 47.1 Å². The number of hydrogen-bond donors (Lipinski definition) is 2. The van der Waals surface area contributed by atoms with Gasteiger partial charge in [-0.25, -0.2) is 4.79 Å². The van der Waals surface area contributed by atoms with E-state index in [0.717, 1.165) is 10.4 Å². The number of nitrogens with zero attached hydrogens (tertiary/aromatic N) is 1. The molecule has 0 bridgehead atoms. The number of carbonyl (C=O) groups is 3. The number of ether oxygens (including phenoxy) is 2. The molecule has 9 heteroatoms. The highest BCUT2D eigenvalue weighted by Crippen LogP contribution is 2.38. The lowest BCUT2D eigenvalue weighted by atomic mass is 10.0. The highest BCUT2D eigenvalue weighted by atomic mass is 32.1. The monoisotopic (exact) mass is 465 g/mol. The Hall–Kier alpha value is -3.85. The van der Waals surface area contributed by atoms with Crippen LogP contribution in [0.15, 0.2) is 54.6 Å². The van der Waals surface area contributed by atoms with Crippen LogP contribution in [0.3, 0.4) is 0 Å². The molecule has 1 aromatic heterocycles. The Bertz CT molecular complexity index is 1190. The molecule has 0 fully saturated rings. The lowest BCUT2D eigenvalue weighted by Gasteiger charge is -2.25. The van der Waals surface area contributed by atoms with Crippen LogP contribution in [0.5, 0.6) is 11.5 Å². The second-order valence-electron chi connectivity index (χ2n) is 7.29. The topological polar surface area (TPSA) is 97.0 Å². The number of nitrogens with one attached hydrogen (secondary N) is 2. The molecule has 33 heavy (non-hydrogen) atoms. The Kier molecular flexibility index (Phi) is 6.60. The molecule has 2 aromatic carbocycles. The largest absolute Gasteiger partial charge is 0.457 e. The Morgan fingerprint density at radius 2 is 1.73 bits per heavy atom. The minimum atomic E-state index is -0.423. The average Bonchev–Trinajstić information content (AvgIpc) is 3.20. The first-order chi connectivity index (χ1) is 16.0. The molecule has 2 N–H and O–H groups in total. The molecule has 3 amide bonds. The summed E-state index contributed by atoms with van der Waals surface area (Å²) in [6.07, 6.45) is 0.0703. The van der Waals surface area contributed by atoms with E-state index >= 15 is 0 Å². The highest BCUT2D eigenvalue weighted by Gasteiger charge is 2.30. The number of benzene rings is 2. The van der Waals surface area contributed by atoms with Crippen LogP contribution in [0.1, 0.15) is 31.2 Å². The summed E-state index contributed by atoms with van der Waals surface area (Å²) in [6, 6.07) is 16.1. The molecule has 0 unspecified atom stereocenters. The van der Waals surface area contributed by atoms with E-state index in [1.807, 2.05) is 18.2 Å². The maximum atomic E-state index is 13.2. The smallest absolute Gasteiger partial charge is 0.409 e. The minimum Gasteiger partial charge on any atom is -0.457 e. The van der Waals surface area contributed by atoms with Crippen LogP contribution in [-0.4, -0.2) is 43.5 Å². The molecule has 0 aliphatic carbocycles. The molecule has 0 saturated heterocycles. The Morgan fingerprint density at radius 3 is 2.45 bits per heavy atom. The molecule has 0 atom stereocenters. The second kappa shape index (κ2) is 9.74. The summed E-state index contributed by atoms with van der Waals surface area (Å²) in [4.78, 5) is 40.3. The molecular weight excluding hydrogens is 442 g/mol. The lowest BCUT2D eigenvalue weighted by Crippen LogP contribution is -2.35. The number of para-hydroxylation sites is 2. The normalized spacial score (nSPS) is 12.5. The summed E-state index contributed by atoms with van der Waals surface area (Å²) in [7, 11) is 2.88. The van der Waals surface area contributed by atoms with Crippen molar-refractivity contribution >= 4 is 34.2 Å². The van der Waals surface area contributed by atoms with Crippen LogP contribution in [0.25, 0.3) is 0 Å². The number of fused-ring (bicyclic) bond motifs is 1. The average molecular weight is 466 g/mol. The van der Waals surface area contributed by atoms with E-state index in [1.54, 1.807) is 48.3 Å². The van der Waals surface area contributed by atoms with Gasteiger partial charge in [0.25, 0.3) is 11.8 Å². The van der Waals surface area contributed by atoms with Crippen LogP contribution in [0, 0.1) is 0 Å². The molecule has 0 saturated carbocycles. The maximum Gasteiger partial charge on any atom is 0.409 e. The van der Waals surface area contributed by atoms with Gasteiger partial charge in [0.15, 0.2) is 0 Å². The summed E-state index contributed by atoms with van der Waals surface area (Å²) in [6.45, 7) is 0.752. The number of carbonyl (C=O) groups excluding carboxylic acids is 3. The second-order valence-corrected chi connectivity index (χ2v) is 8.40. The van der Waals surface area contributed by atoms with E-state index < -0.39 is 12.0 Å². The van der Waals surface area contributed by atoms with Gasteiger partial charge in [0, 0.05) is 18.5 Å². The zero-order chi connectivity index (χ0) is 23.4. The van der Waals surface area contributed by atoms with Crippen molar-refractivity contribution in [2.75, 3.05) is 26.0 Å². The van der Waals surface area contributed by atoms with Crippen molar-refractivity contribution < 1.29 is 23.9 Å². The van der Waals surface area contributed by atoms with Gasteiger partial charge in [-0.05, 0) is 36.2 Å². The minimum absolute atomic E-state index is 0.289. The quantitative estimate of drug-likeness (QED) is 0.586. The van der Waals surface area contributed by atoms with E-state index in [2.05, 4.69) is 10.6 Å². The number of anilines is 1. The SMILES string of the molecule is CNC(=O)c1c(NC(=O)c2ccccc2Oc2ccccc2)sc2c1CCN(C(=O)OC)C2. The molecule has 0 radical (unpaired) electrons. The van der Waals surface area contributed by atoms with Gasteiger partial charge in [-0.3, -0.25) is 9.59 Å². The molecule has 0 spiro atoms. The van der Waals surface area contributed by atoms with E-state index in [-0.39, 0.29) is 5.91 Å². The van der Waals surface area contributed by atoms with Crippen molar-refractivity contribution in [3.05, 3.63) is 76.2 Å². The summed E-state index contributed by atoms with van der Waals surface area (Å²) in [5.74, 6) is 0.331. The first-order valence-electron chi connectivity index (χ1n) is 10.3. The standard InChI is InChI=1S/C24H23N3O5S/c1-25-22(29)20-17-12-13-27(24(30)31-2)14-19(17)33-23(20)26-21(28)16-10-6-7-11-18(16)32-15-8-4-3-5-9-15/h3-11H,12-14H2,1-2H3,(H,25,29)(H,26,28). The molecule has 1 aliphatic heterocycles. The predicted octanol–water partition coefficient (Wildman–Crippen LogP) is 4.28. The summed E-state index contributed by atoms with van der Waals surface area (Å²) in [5, 5.41) is 5.97. The van der Waals surface area contributed by atoms with E-state index in [4.69, 9.17) is 9.47 Å². The van der Waals surface area contributed by atoms with Crippen LogP contribution >= 0.6 is 11.3 Å². The van der Waals surface area contributed by atoms with E-state index in [1.165, 1.54) is 18.4 Å². The third-order valence-corrected chi connectivity index (χ3v) is 6.41. The number of rotatable bonds is 5. The van der Waals surface area contributed by atoms with Crippen LogP contribution < -0.4 is 15.4 Å². The van der Waals surface area contributed by atoms with Crippen LogP contribution in [0.2, 0.25) is 0 Å². The summed E-state index contributed by atoms with van der Waals surface area (Å²) in [5.41, 5.74) is 1.60. The van der Waals surface area contributed by atoms with Crippen LogP contribution in [-0.2, 0) is 17.7 Å². The molecule has 3 aromatic rings. The number of hydrogen-bond acceptors (Lipinski definition) is 6. The van der Waals surface area contributed by atoms with Gasteiger partial charge in [0.05, 0.1) is 24.8 Å². The fourth-order valence-corrected chi connectivity index (χ4v) is 4.93. The molecule has 4 rings (SSSR count). The Morgan fingerprint density at radius 1 is 1.00 bits per heavy atom. The van der Waals surface area contributed by atoms with Crippen molar-refractivity contribution in [2.45, 2.75) is 13.0 Å². The third kappa shape index (κ3) is 4.68. The van der Waals surface area contributed by atoms with Gasteiger partial charge in [0.1, 0.15) is 16.5 Å². The van der Waals surface area contributed by atoms with Crippen molar-refractivity contribution in [1.29, 1.82) is 0 Å². The van der Waals surface area contributed by atoms with Crippen molar-refractivity contribution in [3.63, 3.8) is 0 Å². The first kappa shape index (κ1) is 22.3. The lowest BCUT2D eigenvalue weighted by molar-refractivity contribution is 0.0962. The summed E-state index contributed by atoms with van der Waals surface area (Å²) >= 11 is 1.29. The van der Waals surface area contributed by atoms with Gasteiger partial charge in [0.2, 0.25) is 0 Å². The van der Waals surface area contributed by atoms with Crippen LogP contribution in [0.4, 0.5) is 9.80 Å². The van der Waals surface area contributed by atoms with Gasteiger partial charge >= 0.3 is 6.09 Å². The van der Waals surface area contributed by atoms with Gasteiger partial charge in [-0.15, -0.1) is 11.3 Å². The van der Waals surface area contributed by atoms with Gasteiger partial charge in [-0.2, -0.15) is 0 Å². The highest BCUT2D eigenvalue weighted by molar-refractivity contribution is 7.17. The van der Waals surface area contributed by atoms with E-state index in [9.17, 15) is 14.4 Å². The summed E-state index contributed by atoms with van der Waals surface area (Å²) < 4.78 is 10.7. The Labute approximate surface area is 195 Å². The Balaban J connectivity index is 1.63. The maximum absolute atomic E-state index is 13.2.